The highest BCUT2D eigenvalue weighted by Crippen LogP contribution is 2.18. The minimum absolute atomic E-state index is 0.0242. The lowest BCUT2D eigenvalue weighted by molar-refractivity contribution is 0.486. The summed E-state index contributed by atoms with van der Waals surface area (Å²) in [4.78, 5) is 4.50. The summed E-state index contributed by atoms with van der Waals surface area (Å²) >= 11 is 0. The van der Waals surface area contributed by atoms with E-state index in [-0.39, 0.29) is 6.04 Å². The second-order valence-corrected chi connectivity index (χ2v) is 4.96. The van der Waals surface area contributed by atoms with Gasteiger partial charge >= 0.3 is 0 Å². The lowest BCUT2D eigenvalue weighted by Crippen LogP contribution is -2.31. The molecule has 1 unspecified atom stereocenters. The molecule has 0 spiro atoms. The van der Waals surface area contributed by atoms with E-state index in [0.29, 0.717) is 0 Å². The summed E-state index contributed by atoms with van der Waals surface area (Å²) in [6, 6.07) is 6.30. The lowest BCUT2D eigenvalue weighted by Gasteiger charge is -2.17. The molecule has 5 nitrogen and oxygen atoms in total. The summed E-state index contributed by atoms with van der Waals surface area (Å²) in [5, 5.41) is 4.47. The van der Waals surface area contributed by atoms with Gasteiger partial charge in [-0.05, 0) is 38.0 Å². The summed E-state index contributed by atoms with van der Waals surface area (Å²) in [5.74, 6) is 5.72. The number of nitrogens with zero attached hydrogens (tertiary/aromatic N) is 3. The Morgan fingerprint density at radius 1 is 1.35 bits per heavy atom. The monoisotopic (exact) mass is 273 g/mol. The van der Waals surface area contributed by atoms with Crippen LogP contribution in [0.25, 0.3) is 0 Å². The summed E-state index contributed by atoms with van der Waals surface area (Å²) < 4.78 is 1.99. The molecule has 20 heavy (non-hydrogen) atoms. The Hall–Kier alpha value is -1.72. The van der Waals surface area contributed by atoms with E-state index in [2.05, 4.69) is 47.6 Å². The maximum atomic E-state index is 5.72. The Labute approximate surface area is 120 Å². The number of pyridine rings is 1. The van der Waals surface area contributed by atoms with Crippen LogP contribution in [0.3, 0.4) is 0 Å². The van der Waals surface area contributed by atoms with Gasteiger partial charge in [0.15, 0.2) is 0 Å². The van der Waals surface area contributed by atoms with Gasteiger partial charge in [0, 0.05) is 24.9 Å². The van der Waals surface area contributed by atoms with Gasteiger partial charge in [-0.25, -0.2) is 0 Å². The first-order chi connectivity index (χ1) is 9.67. The number of hydrogen-bond donors (Lipinski definition) is 2. The molecule has 0 aromatic carbocycles. The summed E-state index contributed by atoms with van der Waals surface area (Å²) in [5.41, 5.74) is 7.28. The smallest absolute Gasteiger partial charge is 0.0684 e. The molecule has 5 heteroatoms. The van der Waals surface area contributed by atoms with Crippen LogP contribution in [-0.4, -0.2) is 14.8 Å². The normalized spacial score (nSPS) is 12.6. The Morgan fingerprint density at radius 3 is 2.70 bits per heavy atom. The summed E-state index contributed by atoms with van der Waals surface area (Å²) in [6.07, 6.45) is 3.70. The zero-order valence-corrected chi connectivity index (χ0v) is 12.4. The van der Waals surface area contributed by atoms with E-state index in [4.69, 9.17) is 5.84 Å². The molecule has 0 amide bonds. The lowest BCUT2D eigenvalue weighted by atomic mass is 10.1. The van der Waals surface area contributed by atoms with E-state index in [9.17, 15) is 0 Å². The fraction of sp³-hybridized carbons (Fsp3) is 0.467. The van der Waals surface area contributed by atoms with Crippen LogP contribution >= 0.6 is 0 Å². The molecule has 0 aliphatic rings. The first-order valence-electron chi connectivity index (χ1n) is 7.12. The van der Waals surface area contributed by atoms with Gasteiger partial charge in [-0.2, -0.15) is 5.10 Å². The van der Waals surface area contributed by atoms with Gasteiger partial charge < -0.3 is 0 Å². The average Bonchev–Trinajstić information content (AvgIpc) is 2.86. The predicted molar refractivity (Wildman–Crippen MR) is 80.0 cm³/mol. The zero-order valence-electron chi connectivity index (χ0n) is 12.4. The molecule has 2 rings (SSSR count). The van der Waals surface area contributed by atoms with Crippen molar-refractivity contribution in [2.24, 2.45) is 5.84 Å². The number of hydrazine groups is 1. The van der Waals surface area contributed by atoms with Crippen molar-refractivity contribution in [1.29, 1.82) is 0 Å². The molecule has 0 aliphatic heterocycles. The van der Waals surface area contributed by atoms with Crippen molar-refractivity contribution in [3.63, 3.8) is 0 Å². The van der Waals surface area contributed by atoms with Crippen LogP contribution in [0.15, 0.2) is 24.4 Å². The number of nitrogens with two attached hydrogens (primary N) is 1. The maximum absolute atomic E-state index is 5.72. The van der Waals surface area contributed by atoms with Gasteiger partial charge in [-0.15, -0.1) is 0 Å². The van der Waals surface area contributed by atoms with Crippen LogP contribution in [0.1, 0.15) is 42.5 Å². The van der Waals surface area contributed by atoms with Gasteiger partial charge in [0.2, 0.25) is 0 Å². The molecule has 0 saturated heterocycles. The molecule has 0 aliphatic carbocycles. The Kier molecular flexibility index (Phi) is 4.87. The minimum Gasteiger partial charge on any atom is -0.271 e. The van der Waals surface area contributed by atoms with E-state index in [1.165, 1.54) is 5.56 Å². The zero-order chi connectivity index (χ0) is 14.5. The topological polar surface area (TPSA) is 68.8 Å². The van der Waals surface area contributed by atoms with Crippen LogP contribution in [0, 0.1) is 6.92 Å². The number of rotatable bonds is 6. The Balaban J connectivity index is 2.19. The van der Waals surface area contributed by atoms with Crippen LogP contribution in [0.4, 0.5) is 0 Å². The number of aromatic nitrogens is 3. The molecule has 2 aromatic rings. The minimum atomic E-state index is 0.0242. The first kappa shape index (κ1) is 14.7. The van der Waals surface area contributed by atoms with Gasteiger partial charge in [0.05, 0.1) is 17.4 Å². The molecule has 1 atom stereocenters. The van der Waals surface area contributed by atoms with E-state index < -0.39 is 0 Å². The number of hydrogen-bond acceptors (Lipinski definition) is 4. The summed E-state index contributed by atoms with van der Waals surface area (Å²) in [6.45, 7) is 7.04. The molecule has 2 heterocycles. The molecule has 3 N–H and O–H groups in total. The molecule has 108 valence electrons. The van der Waals surface area contributed by atoms with Crippen LogP contribution < -0.4 is 11.3 Å². The standard InChI is InChI=1S/C15H23N5/c1-4-12-6-7-13(17-10-12)9-14(18-16)15-8-11(3)19-20(15)5-2/h6-8,10,14,18H,4-5,9,16H2,1-3H3. The number of aryl methyl sites for hydroxylation is 3. The fourth-order valence-electron chi connectivity index (χ4n) is 2.34. The van der Waals surface area contributed by atoms with E-state index in [1.54, 1.807) is 0 Å². The van der Waals surface area contributed by atoms with Crippen molar-refractivity contribution >= 4 is 0 Å². The van der Waals surface area contributed by atoms with Gasteiger partial charge in [0.25, 0.3) is 0 Å². The van der Waals surface area contributed by atoms with Crippen molar-refractivity contribution in [2.75, 3.05) is 0 Å². The Morgan fingerprint density at radius 2 is 2.15 bits per heavy atom. The van der Waals surface area contributed by atoms with Crippen molar-refractivity contribution in [1.82, 2.24) is 20.2 Å². The SMILES string of the molecule is CCc1ccc(CC(NN)c2cc(C)nn2CC)nc1. The Bertz CT molecular complexity index is 544. The van der Waals surface area contributed by atoms with Crippen molar-refractivity contribution < 1.29 is 0 Å². The molecule has 0 fully saturated rings. The maximum Gasteiger partial charge on any atom is 0.0684 e. The third kappa shape index (κ3) is 3.23. The van der Waals surface area contributed by atoms with Crippen molar-refractivity contribution in [2.45, 2.75) is 46.2 Å². The third-order valence-electron chi connectivity index (χ3n) is 3.50. The first-order valence-corrected chi connectivity index (χ1v) is 7.12. The quantitative estimate of drug-likeness (QED) is 0.623. The highest BCUT2D eigenvalue weighted by molar-refractivity contribution is 5.19. The predicted octanol–water partition coefficient (Wildman–Crippen LogP) is 1.92. The van der Waals surface area contributed by atoms with Crippen LogP contribution in [-0.2, 0) is 19.4 Å². The van der Waals surface area contributed by atoms with Crippen LogP contribution in [0.5, 0.6) is 0 Å². The molecular formula is C15H23N5. The van der Waals surface area contributed by atoms with Gasteiger partial charge in [-0.3, -0.25) is 20.9 Å². The second kappa shape index (κ2) is 6.63. The molecule has 0 bridgehead atoms. The molecule has 2 aromatic heterocycles. The third-order valence-corrected chi connectivity index (χ3v) is 3.50. The van der Waals surface area contributed by atoms with Gasteiger partial charge in [-0.1, -0.05) is 13.0 Å². The highest BCUT2D eigenvalue weighted by Gasteiger charge is 2.16. The van der Waals surface area contributed by atoms with E-state index in [0.717, 1.165) is 36.5 Å². The van der Waals surface area contributed by atoms with E-state index >= 15 is 0 Å². The van der Waals surface area contributed by atoms with E-state index in [1.807, 2.05) is 17.8 Å². The fourth-order valence-corrected chi connectivity index (χ4v) is 2.34. The van der Waals surface area contributed by atoms with Crippen LogP contribution in [0.2, 0.25) is 0 Å². The molecule has 0 saturated carbocycles. The van der Waals surface area contributed by atoms with Gasteiger partial charge in [0.1, 0.15) is 0 Å². The summed E-state index contributed by atoms with van der Waals surface area (Å²) in [7, 11) is 0. The highest BCUT2D eigenvalue weighted by atomic mass is 15.3. The average molecular weight is 273 g/mol. The number of nitrogens with one attached hydrogen (secondary N) is 1. The largest absolute Gasteiger partial charge is 0.271 e. The second-order valence-electron chi connectivity index (χ2n) is 4.96. The van der Waals surface area contributed by atoms with Crippen molar-refractivity contribution in [3.05, 3.63) is 47.0 Å². The van der Waals surface area contributed by atoms with Crippen molar-refractivity contribution in [3.8, 4) is 0 Å². The molecule has 0 radical (unpaired) electrons. The molecular weight excluding hydrogens is 250 g/mol.